The van der Waals surface area contributed by atoms with Crippen LogP contribution in [-0.2, 0) is 17.8 Å². The van der Waals surface area contributed by atoms with Crippen LogP contribution in [0.4, 0.5) is 5.82 Å². The van der Waals surface area contributed by atoms with Crippen molar-refractivity contribution < 1.29 is 14.6 Å². The van der Waals surface area contributed by atoms with Crippen LogP contribution < -0.4 is 9.64 Å². The largest absolute Gasteiger partial charge is 0.491 e. The van der Waals surface area contributed by atoms with E-state index in [0.29, 0.717) is 34.5 Å². The van der Waals surface area contributed by atoms with Crippen molar-refractivity contribution >= 4 is 17.4 Å². The number of aliphatic hydroxyl groups is 1. The van der Waals surface area contributed by atoms with Crippen molar-refractivity contribution in [2.45, 2.75) is 52.2 Å². The first-order valence-corrected chi connectivity index (χ1v) is 11.2. The second kappa shape index (κ2) is 7.66. The SMILES string of the molecule is Cc1nc(N2CCC3(CC2)CO[C@@H](C)C3)c(CO)nc1-c1ccc2c(c1Cl)OCC2. The second-order valence-corrected chi connectivity index (χ2v) is 9.29. The molecule has 7 heteroatoms. The molecule has 3 aliphatic rings. The van der Waals surface area contributed by atoms with E-state index in [2.05, 4.69) is 11.8 Å². The van der Waals surface area contributed by atoms with Gasteiger partial charge >= 0.3 is 0 Å². The number of anilines is 1. The Morgan fingerprint density at radius 3 is 2.77 bits per heavy atom. The fourth-order valence-electron chi connectivity index (χ4n) is 5.14. The van der Waals surface area contributed by atoms with Gasteiger partial charge in [-0.05, 0) is 44.1 Å². The minimum atomic E-state index is -0.156. The average molecular weight is 430 g/mol. The smallest absolute Gasteiger partial charge is 0.153 e. The Morgan fingerprint density at radius 2 is 2.07 bits per heavy atom. The van der Waals surface area contributed by atoms with Crippen LogP contribution in [0.1, 0.15) is 43.1 Å². The summed E-state index contributed by atoms with van der Waals surface area (Å²) >= 11 is 6.65. The molecule has 30 heavy (non-hydrogen) atoms. The van der Waals surface area contributed by atoms with E-state index in [1.165, 1.54) is 0 Å². The highest BCUT2D eigenvalue weighted by Gasteiger charge is 2.41. The number of piperidine rings is 1. The number of aryl methyl sites for hydroxylation is 1. The summed E-state index contributed by atoms with van der Waals surface area (Å²) in [5, 5.41) is 10.6. The summed E-state index contributed by atoms with van der Waals surface area (Å²) in [4.78, 5) is 11.9. The zero-order chi connectivity index (χ0) is 20.9. The van der Waals surface area contributed by atoms with E-state index in [9.17, 15) is 5.11 Å². The number of ether oxygens (including phenoxy) is 2. The average Bonchev–Trinajstić information content (AvgIpc) is 3.37. The lowest BCUT2D eigenvalue weighted by Crippen LogP contribution is -2.41. The first kappa shape index (κ1) is 20.0. The van der Waals surface area contributed by atoms with Crippen LogP contribution in [0.15, 0.2) is 12.1 Å². The predicted octanol–water partition coefficient (Wildman–Crippen LogP) is 3.93. The van der Waals surface area contributed by atoms with Gasteiger partial charge in [-0.2, -0.15) is 0 Å². The normalized spacial score (nSPS) is 22.4. The number of nitrogens with zero attached hydrogens (tertiary/aromatic N) is 3. The number of fused-ring (bicyclic) bond motifs is 1. The molecule has 2 fully saturated rings. The summed E-state index contributed by atoms with van der Waals surface area (Å²) in [5.74, 6) is 1.54. The van der Waals surface area contributed by atoms with Gasteiger partial charge in [0.2, 0.25) is 0 Å². The zero-order valence-corrected chi connectivity index (χ0v) is 18.3. The first-order chi connectivity index (χ1) is 14.5. The number of hydrogen-bond donors (Lipinski definition) is 1. The Bertz CT molecular complexity index is 973. The molecular weight excluding hydrogens is 402 g/mol. The number of benzene rings is 1. The summed E-state index contributed by atoms with van der Waals surface area (Å²) in [5.41, 5.74) is 4.34. The highest BCUT2D eigenvalue weighted by atomic mass is 35.5. The molecule has 0 amide bonds. The molecule has 1 aromatic carbocycles. The van der Waals surface area contributed by atoms with Gasteiger partial charge in [-0.25, -0.2) is 9.97 Å². The van der Waals surface area contributed by atoms with E-state index < -0.39 is 0 Å². The molecule has 6 nitrogen and oxygen atoms in total. The van der Waals surface area contributed by atoms with Gasteiger partial charge in [-0.3, -0.25) is 0 Å². The monoisotopic (exact) mass is 429 g/mol. The van der Waals surface area contributed by atoms with E-state index >= 15 is 0 Å². The number of hydrogen-bond acceptors (Lipinski definition) is 6. The van der Waals surface area contributed by atoms with Crippen LogP contribution >= 0.6 is 11.6 Å². The molecule has 1 spiro atoms. The van der Waals surface area contributed by atoms with Crippen molar-refractivity contribution in [3.05, 3.63) is 34.1 Å². The molecule has 1 atom stereocenters. The number of aromatic nitrogens is 2. The molecule has 2 saturated heterocycles. The molecule has 0 saturated carbocycles. The molecule has 160 valence electrons. The van der Waals surface area contributed by atoms with Gasteiger partial charge in [0.05, 0.1) is 42.3 Å². The van der Waals surface area contributed by atoms with Crippen LogP contribution in [0.2, 0.25) is 5.02 Å². The van der Waals surface area contributed by atoms with Gasteiger partial charge in [-0.15, -0.1) is 0 Å². The van der Waals surface area contributed by atoms with Gasteiger partial charge in [0.15, 0.2) is 5.82 Å². The molecule has 0 radical (unpaired) electrons. The quantitative estimate of drug-likeness (QED) is 0.797. The summed E-state index contributed by atoms with van der Waals surface area (Å²) in [6.45, 7) is 7.29. The molecule has 0 unspecified atom stereocenters. The van der Waals surface area contributed by atoms with E-state index in [0.717, 1.165) is 73.8 Å². The molecule has 1 N–H and O–H groups in total. The molecule has 4 heterocycles. The van der Waals surface area contributed by atoms with Crippen LogP contribution in [0.3, 0.4) is 0 Å². The fourth-order valence-corrected chi connectivity index (χ4v) is 5.47. The van der Waals surface area contributed by atoms with Crippen molar-refractivity contribution in [2.24, 2.45) is 5.41 Å². The molecule has 3 aliphatic heterocycles. The standard InChI is InChI=1S/C23H28ClN3O3/c1-14-11-23(13-30-14)6-8-27(9-7-23)22-18(12-28)26-20(15(2)25-22)17-4-3-16-5-10-29-21(16)19(17)24/h3-4,14,28H,5-13H2,1-2H3/t14-/m0/s1. The Balaban J connectivity index is 1.44. The van der Waals surface area contributed by atoms with Gasteiger partial charge in [0.1, 0.15) is 11.4 Å². The maximum absolute atomic E-state index is 10.1. The first-order valence-electron chi connectivity index (χ1n) is 10.8. The second-order valence-electron chi connectivity index (χ2n) is 8.91. The Morgan fingerprint density at radius 1 is 1.27 bits per heavy atom. The van der Waals surface area contributed by atoms with Crippen molar-refractivity contribution in [1.29, 1.82) is 0 Å². The molecule has 2 aromatic rings. The zero-order valence-electron chi connectivity index (χ0n) is 17.6. The minimum Gasteiger partial charge on any atom is -0.491 e. The lowest BCUT2D eigenvalue weighted by Gasteiger charge is -2.39. The third kappa shape index (κ3) is 3.35. The summed E-state index contributed by atoms with van der Waals surface area (Å²) in [7, 11) is 0. The third-order valence-electron chi connectivity index (χ3n) is 6.84. The van der Waals surface area contributed by atoms with E-state index in [4.69, 9.17) is 31.0 Å². The van der Waals surface area contributed by atoms with Gasteiger partial charge in [0.25, 0.3) is 0 Å². The summed E-state index contributed by atoms with van der Waals surface area (Å²) in [6, 6.07) is 4.03. The molecule has 0 aliphatic carbocycles. The molecule has 1 aromatic heterocycles. The predicted molar refractivity (Wildman–Crippen MR) is 116 cm³/mol. The van der Waals surface area contributed by atoms with Crippen molar-refractivity contribution in [3.8, 4) is 17.0 Å². The van der Waals surface area contributed by atoms with Crippen LogP contribution in [-0.4, -0.2) is 47.5 Å². The maximum Gasteiger partial charge on any atom is 0.153 e. The number of aliphatic hydroxyl groups excluding tert-OH is 1. The van der Waals surface area contributed by atoms with E-state index in [1.807, 2.05) is 19.1 Å². The van der Waals surface area contributed by atoms with Crippen molar-refractivity contribution in [3.63, 3.8) is 0 Å². The maximum atomic E-state index is 10.1. The Labute approximate surface area is 182 Å². The molecular formula is C23H28ClN3O3. The highest BCUT2D eigenvalue weighted by molar-refractivity contribution is 6.35. The van der Waals surface area contributed by atoms with Gasteiger partial charge in [0, 0.05) is 25.1 Å². The van der Waals surface area contributed by atoms with Crippen LogP contribution in [0.25, 0.3) is 11.3 Å². The van der Waals surface area contributed by atoms with E-state index in [-0.39, 0.29) is 6.61 Å². The minimum absolute atomic E-state index is 0.156. The number of halogens is 1. The topological polar surface area (TPSA) is 67.7 Å². The van der Waals surface area contributed by atoms with Crippen molar-refractivity contribution in [2.75, 3.05) is 31.2 Å². The highest BCUT2D eigenvalue weighted by Crippen LogP contribution is 2.44. The third-order valence-corrected chi connectivity index (χ3v) is 7.22. The molecule has 5 rings (SSSR count). The van der Waals surface area contributed by atoms with E-state index in [1.54, 1.807) is 0 Å². The van der Waals surface area contributed by atoms with Crippen molar-refractivity contribution in [1.82, 2.24) is 9.97 Å². The molecule has 0 bridgehead atoms. The lowest BCUT2D eigenvalue weighted by molar-refractivity contribution is 0.0975. The Hall–Kier alpha value is -1.89. The summed E-state index contributed by atoms with van der Waals surface area (Å²) in [6.07, 6.45) is 4.53. The number of rotatable bonds is 3. The summed E-state index contributed by atoms with van der Waals surface area (Å²) < 4.78 is 11.6. The lowest BCUT2D eigenvalue weighted by atomic mass is 9.77. The van der Waals surface area contributed by atoms with Crippen LogP contribution in [0.5, 0.6) is 5.75 Å². The Kier molecular flexibility index (Phi) is 5.12. The van der Waals surface area contributed by atoms with Gasteiger partial charge in [-0.1, -0.05) is 23.7 Å². The fraction of sp³-hybridized carbons (Fsp3) is 0.565. The van der Waals surface area contributed by atoms with Crippen LogP contribution in [0, 0.1) is 12.3 Å². The van der Waals surface area contributed by atoms with Gasteiger partial charge < -0.3 is 19.5 Å².